The molecule has 0 radical (unpaired) electrons. The smallest absolute Gasteiger partial charge is 0.263 e. The molecule has 2 aromatic rings. The lowest BCUT2D eigenvalue weighted by Crippen LogP contribution is -2.02. The minimum absolute atomic E-state index is 0.104. The fourth-order valence-electron chi connectivity index (χ4n) is 1.93. The maximum Gasteiger partial charge on any atom is 0.263 e. The topological polar surface area (TPSA) is 40.5 Å². The van der Waals surface area contributed by atoms with Crippen LogP contribution < -0.4 is 0 Å². The molecule has 0 aromatic heterocycles. The predicted molar refractivity (Wildman–Crippen MR) is 68.2 cm³/mol. The Bertz CT molecular complexity index is 555. The highest BCUT2D eigenvalue weighted by Gasteiger charge is 2.12. The van der Waals surface area contributed by atoms with Crippen LogP contribution >= 0.6 is 0 Å². The highest BCUT2D eigenvalue weighted by molar-refractivity contribution is 5.30. The van der Waals surface area contributed by atoms with Gasteiger partial charge >= 0.3 is 0 Å². The van der Waals surface area contributed by atoms with E-state index in [0.29, 0.717) is 5.56 Å². The van der Waals surface area contributed by atoms with Crippen LogP contribution in [-0.4, -0.2) is 10.2 Å². The van der Waals surface area contributed by atoms with Crippen LogP contribution in [0.3, 0.4) is 0 Å². The Labute approximate surface area is 110 Å². The van der Waals surface area contributed by atoms with Gasteiger partial charge in [0, 0.05) is 12.0 Å². The van der Waals surface area contributed by atoms with Crippen molar-refractivity contribution in [2.75, 3.05) is 0 Å². The molecular weight excluding hydrogens is 250 g/mol. The first-order chi connectivity index (χ1) is 9.06. The SMILES string of the molecule is Oc1cccc(CC(O)c2cccc(C(F)F)c2)c1. The average molecular weight is 264 g/mol. The van der Waals surface area contributed by atoms with E-state index < -0.39 is 12.5 Å². The number of alkyl halides is 2. The van der Waals surface area contributed by atoms with E-state index in [2.05, 4.69) is 0 Å². The van der Waals surface area contributed by atoms with Crippen LogP contribution in [-0.2, 0) is 6.42 Å². The second-order valence-electron chi connectivity index (χ2n) is 4.36. The first-order valence-corrected chi connectivity index (χ1v) is 5.90. The summed E-state index contributed by atoms with van der Waals surface area (Å²) in [4.78, 5) is 0. The van der Waals surface area contributed by atoms with Crippen molar-refractivity contribution < 1.29 is 19.0 Å². The highest BCUT2D eigenvalue weighted by Crippen LogP contribution is 2.25. The Morgan fingerprint density at radius 2 is 1.63 bits per heavy atom. The molecule has 2 rings (SSSR count). The lowest BCUT2D eigenvalue weighted by Gasteiger charge is -2.12. The van der Waals surface area contributed by atoms with E-state index in [1.807, 2.05) is 0 Å². The van der Waals surface area contributed by atoms with Gasteiger partial charge in [-0.05, 0) is 29.3 Å². The molecule has 1 atom stereocenters. The largest absolute Gasteiger partial charge is 0.508 e. The number of aliphatic hydroxyl groups is 1. The molecule has 2 aromatic carbocycles. The first kappa shape index (κ1) is 13.5. The third-order valence-corrected chi connectivity index (χ3v) is 2.89. The molecule has 0 saturated carbocycles. The van der Waals surface area contributed by atoms with Gasteiger partial charge in [-0.15, -0.1) is 0 Å². The third-order valence-electron chi connectivity index (χ3n) is 2.89. The van der Waals surface area contributed by atoms with Gasteiger partial charge in [-0.2, -0.15) is 0 Å². The highest BCUT2D eigenvalue weighted by atomic mass is 19.3. The van der Waals surface area contributed by atoms with Crippen LogP contribution in [0.2, 0.25) is 0 Å². The molecule has 100 valence electrons. The number of benzene rings is 2. The van der Waals surface area contributed by atoms with Crippen molar-refractivity contribution in [1.29, 1.82) is 0 Å². The molecule has 0 amide bonds. The minimum Gasteiger partial charge on any atom is -0.508 e. The van der Waals surface area contributed by atoms with Crippen molar-refractivity contribution >= 4 is 0 Å². The normalized spacial score (nSPS) is 12.6. The van der Waals surface area contributed by atoms with Gasteiger partial charge in [-0.1, -0.05) is 30.3 Å². The number of aromatic hydroxyl groups is 1. The van der Waals surface area contributed by atoms with Gasteiger partial charge in [0.2, 0.25) is 0 Å². The van der Waals surface area contributed by atoms with Crippen molar-refractivity contribution in [2.45, 2.75) is 19.0 Å². The zero-order valence-electron chi connectivity index (χ0n) is 10.1. The predicted octanol–water partition coefficient (Wildman–Crippen LogP) is 3.61. The maximum atomic E-state index is 12.6. The van der Waals surface area contributed by atoms with Crippen molar-refractivity contribution in [3.63, 3.8) is 0 Å². The van der Waals surface area contributed by atoms with Gasteiger partial charge in [0.05, 0.1) is 6.10 Å². The zero-order chi connectivity index (χ0) is 13.8. The van der Waals surface area contributed by atoms with Crippen molar-refractivity contribution in [3.05, 3.63) is 65.2 Å². The van der Waals surface area contributed by atoms with Crippen LogP contribution in [0.15, 0.2) is 48.5 Å². The van der Waals surface area contributed by atoms with Gasteiger partial charge in [-0.25, -0.2) is 8.78 Å². The first-order valence-electron chi connectivity index (χ1n) is 5.90. The van der Waals surface area contributed by atoms with Gasteiger partial charge in [0.15, 0.2) is 0 Å². The quantitative estimate of drug-likeness (QED) is 0.885. The molecule has 2 N–H and O–H groups in total. The molecule has 0 spiro atoms. The number of hydrogen-bond acceptors (Lipinski definition) is 2. The fourth-order valence-corrected chi connectivity index (χ4v) is 1.93. The Morgan fingerprint density at radius 1 is 0.947 bits per heavy atom. The Morgan fingerprint density at radius 3 is 2.32 bits per heavy atom. The molecule has 0 aliphatic rings. The molecule has 1 unspecified atom stereocenters. The Kier molecular flexibility index (Phi) is 4.12. The molecule has 0 fully saturated rings. The Hall–Kier alpha value is -1.94. The Balaban J connectivity index is 2.15. The molecule has 0 aliphatic carbocycles. The number of aliphatic hydroxyl groups excluding tert-OH is 1. The molecule has 19 heavy (non-hydrogen) atoms. The lowest BCUT2D eigenvalue weighted by molar-refractivity contribution is 0.149. The molecule has 4 heteroatoms. The van der Waals surface area contributed by atoms with Gasteiger partial charge in [-0.3, -0.25) is 0 Å². The van der Waals surface area contributed by atoms with E-state index in [1.54, 1.807) is 24.3 Å². The second kappa shape index (κ2) is 5.80. The van der Waals surface area contributed by atoms with E-state index in [4.69, 9.17) is 0 Å². The standard InChI is InChI=1S/C15H14F2O2/c16-15(17)12-5-2-4-11(9-12)14(19)8-10-3-1-6-13(18)7-10/h1-7,9,14-15,18-19H,8H2. The fraction of sp³-hybridized carbons (Fsp3) is 0.200. The maximum absolute atomic E-state index is 12.6. The summed E-state index contributed by atoms with van der Waals surface area (Å²) in [5.74, 6) is 0.117. The minimum atomic E-state index is -2.55. The lowest BCUT2D eigenvalue weighted by atomic mass is 10.00. The van der Waals surface area contributed by atoms with Crippen LogP contribution in [0.5, 0.6) is 5.75 Å². The van der Waals surface area contributed by atoms with Crippen LogP contribution in [0.1, 0.15) is 29.2 Å². The third kappa shape index (κ3) is 3.51. The summed E-state index contributed by atoms with van der Waals surface area (Å²) in [5.41, 5.74) is 1.09. The molecule has 2 nitrogen and oxygen atoms in total. The summed E-state index contributed by atoms with van der Waals surface area (Å²) in [6.07, 6.45) is -3.16. The molecule has 0 heterocycles. The van der Waals surface area contributed by atoms with E-state index >= 15 is 0 Å². The summed E-state index contributed by atoms with van der Waals surface area (Å²) in [7, 11) is 0. The molecule has 0 bridgehead atoms. The number of rotatable bonds is 4. The monoisotopic (exact) mass is 264 g/mol. The van der Waals surface area contributed by atoms with Crippen molar-refractivity contribution in [1.82, 2.24) is 0 Å². The van der Waals surface area contributed by atoms with E-state index in [-0.39, 0.29) is 17.7 Å². The van der Waals surface area contributed by atoms with Gasteiger partial charge < -0.3 is 10.2 Å². The number of halogens is 2. The summed E-state index contributed by atoms with van der Waals surface area (Å²) < 4.78 is 25.2. The van der Waals surface area contributed by atoms with E-state index in [0.717, 1.165) is 5.56 Å². The van der Waals surface area contributed by atoms with Crippen LogP contribution in [0.4, 0.5) is 8.78 Å². The number of phenolic OH excluding ortho intramolecular Hbond substituents is 1. The van der Waals surface area contributed by atoms with Crippen LogP contribution in [0, 0.1) is 0 Å². The average Bonchev–Trinajstić information content (AvgIpc) is 2.39. The van der Waals surface area contributed by atoms with Crippen LogP contribution in [0.25, 0.3) is 0 Å². The molecular formula is C15H14F2O2. The number of phenols is 1. The number of hydrogen-bond donors (Lipinski definition) is 2. The molecule has 0 aliphatic heterocycles. The van der Waals surface area contributed by atoms with E-state index in [9.17, 15) is 19.0 Å². The zero-order valence-corrected chi connectivity index (χ0v) is 10.1. The van der Waals surface area contributed by atoms with Crippen molar-refractivity contribution in [2.24, 2.45) is 0 Å². The second-order valence-corrected chi connectivity index (χ2v) is 4.36. The summed E-state index contributed by atoms with van der Waals surface area (Å²) in [6, 6.07) is 12.3. The van der Waals surface area contributed by atoms with Gasteiger partial charge in [0.1, 0.15) is 5.75 Å². The molecule has 0 saturated heterocycles. The van der Waals surface area contributed by atoms with E-state index in [1.165, 1.54) is 24.3 Å². The summed E-state index contributed by atoms with van der Waals surface area (Å²) in [5, 5.41) is 19.4. The summed E-state index contributed by atoms with van der Waals surface area (Å²) in [6.45, 7) is 0. The van der Waals surface area contributed by atoms with Gasteiger partial charge in [0.25, 0.3) is 6.43 Å². The van der Waals surface area contributed by atoms with Crippen molar-refractivity contribution in [3.8, 4) is 5.75 Å². The summed E-state index contributed by atoms with van der Waals surface area (Å²) >= 11 is 0.